The smallest absolute Gasteiger partial charge is 0.137 e. The quantitative estimate of drug-likeness (QED) is 0.879. The van der Waals surface area contributed by atoms with Crippen molar-refractivity contribution < 1.29 is 4.42 Å². The van der Waals surface area contributed by atoms with Gasteiger partial charge in [0.2, 0.25) is 0 Å². The molecule has 0 spiro atoms. The van der Waals surface area contributed by atoms with Crippen LogP contribution in [0.5, 0.6) is 0 Å². The Morgan fingerprint density at radius 3 is 2.71 bits per heavy atom. The van der Waals surface area contributed by atoms with Crippen molar-refractivity contribution in [3.05, 3.63) is 29.3 Å². The van der Waals surface area contributed by atoms with E-state index in [0.29, 0.717) is 0 Å². The third kappa shape index (κ3) is 2.26. The van der Waals surface area contributed by atoms with Crippen LogP contribution >= 0.6 is 0 Å². The molecule has 92 valence electrons. The lowest BCUT2D eigenvalue weighted by Crippen LogP contribution is -2.13. The molecule has 4 nitrogen and oxygen atoms in total. The van der Waals surface area contributed by atoms with E-state index in [-0.39, 0.29) is 0 Å². The van der Waals surface area contributed by atoms with Crippen molar-refractivity contribution >= 4 is 0 Å². The lowest BCUT2D eigenvalue weighted by Gasteiger charge is -2.04. The monoisotopic (exact) mass is 233 g/mol. The van der Waals surface area contributed by atoms with Gasteiger partial charge in [0.25, 0.3) is 0 Å². The van der Waals surface area contributed by atoms with Gasteiger partial charge >= 0.3 is 0 Å². The number of furan rings is 1. The first-order chi connectivity index (χ1) is 8.13. The lowest BCUT2D eigenvalue weighted by atomic mass is 10.1. The molecule has 0 aliphatic heterocycles. The molecule has 2 aromatic rings. The largest absolute Gasteiger partial charge is 0.461 e. The first-order valence-electron chi connectivity index (χ1n) is 5.87. The van der Waals surface area contributed by atoms with E-state index in [1.807, 2.05) is 44.8 Å². The number of nitrogens with zero attached hydrogens (tertiary/aromatic N) is 2. The van der Waals surface area contributed by atoms with Crippen LogP contribution < -0.4 is 5.32 Å². The Morgan fingerprint density at radius 2 is 2.12 bits per heavy atom. The van der Waals surface area contributed by atoms with Gasteiger partial charge in [0.1, 0.15) is 11.5 Å². The lowest BCUT2D eigenvalue weighted by molar-refractivity contribution is 0.547. The van der Waals surface area contributed by atoms with Gasteiger partial charge in [0.05, 0.1) is 17.0 Å². The third-order valence-corrected chi connectivity index (χ3v) is 2.94. The molecule has 0 unspecified atom stereocenters. The minimum absolute atomic E-state index is 0.916. The summed E-state index contributed by atoms with van der Waals surface area (Å²) in [7, 11) is 3.94. The van der Waals surface area contributed by atoms with Crippen molar-refractivity contribution in [1.82, 2.24) is 15.1 Å². The van der Waals surface area contributed by atoms with Crippen molar-refractivity contribution in [2.24, 2.45) is 7.05 Å². The maximum absolute atomic E-state index is 5.71. The fraction of sp³-hybridized carbons (Fsp3) is 0.462. The van der Waals surface area contributed by atoms with Crippen molar-refractivity contribution in [3.8, 4) is 11.3 Å². The number of hydrogen-bond donors (Lipinski definition) is 1. The van der Waals surface area contributed by atoms with E-state index in [4.69, 9.17) is 4.42 Å². The van der Waals surface area contributed by atoms with Crippen molar-refractivity contribution in [1.29, 1.82) is 0 Å². The van der Waals surface area contributed by atoms with Gasteiger partial charge in [-0.2, -0.15) is 5.10 Å². The second-order valence-corrected chi connectivity index (χ2v) is 4.29. The van der Waals surface area contributed by atoms with E-state index in [1.54, 1.807) is 0 Å². The van der Waals surface area contributed by atoms with E-state index >= 15 is 0 Å². The zero-order valence-corrected chi connectivity index (χ0v) is 10.9. The number of aromatic nitrogens is 2. The minimum Gasteiger partial charge on any atom is -0.461 e. The highest BCUT2D eigenvalue weighted by Crippen LogP contribution is 2.28. The van der Waals surface area contributed by atoms with E-state index in [1.165, 1.54) is 5.69 Å². The molecule has 0 atom stereocenters. The number of hydrogen-bond acceptors (Lipinski definition) is 3. The summed E-state index contributed by atoms with van der Waals surface area (Å²) >= 11 is 0. The maximum atomic E-state index is 5.71. The average Bonchev–Trinajstić information content (AvgIpc) is 2.80. The Morgan fingerprint density at radius 1 is 1.35 bits per heavy atom. The van der Waals surface area contributed by atoms with Gasteiger partial charge in [0, 0.05) is 20.0 Å². The Kier molecular flexibility index (Phi) is 3.33. The van der Waals surface area contributed by atoms with Gasteiger partial charge in [-0.05, 0) is 33.0 Å². The topological polar surface area (TPSA) is 43.0 Å². The van der Waals surface area contributed by atoms with Crippen molar-refractivity contribution in [2.75, 3.05) is 13.6 Å². The van der Waals surface area contributed by atoms with Crippen molar-refractivity contribution in [2.45, 2.75) is 20.3 Å². The normalized spacial score (nSPS) is 11.1. The molecule has 0 aliphatic carbocycles. The summed E-state index contributed by atoms with van der Waals surface area (Å²) in [5.41, 5.74) is 3.37. The zero-order valence-electron chi connectivity index (χ0n) is 10.9. The van der Waals surface area contributed by atoms with Crippen LogP contribution in [0.25, 0.3) is 11.3 Å². The Balaban J connectivity index is 2.44. The highest BCUT2D eigenvalue weighted by atomic mass is 16.3. The molecule has 0 bridgehead atoms. The first-order valence-corrected chi connectivity index (χ1v) is 5.87. The molecule has 0 aliphatic rings. The van der Waals surface area contributed by atoms with Gasteiger partial charge in [-0.1, -0.05) is 0 Å². The summed E-state index contributed by atoms with van der Waals surface area (Å²) in [6.45, 7) is 4.92. The van der Waals surface area contributed by atoms with Crippen molar-refractivity contribution in [3.63, 3.8) is 0 Å². The molecule has 0 saturated carbocycles. The van der Waals surface area contributed by atoms with Crippen LogP contribution in [-0.2, 0) is 13.5 Å². The summed E-state index contributed by atoms with van der Waals surface area (Å²) in [5, 5.41) is 7.64. The van der Waals surface area contributed by atoms with Gasteiger partial charge < -0.3 is 9.73 Å². The minimum atomic E-state index is 0.916. The molecule has 0 aromatic carbocycles. The molecular weight excluding hydrogens is 214 g/mol. The summed E-state index contributed by atoms with van der Waals surface area (Å²) in [4.78, 5) is 0. The Hall–Kier alpha value is -1.55. The van der Waals surface area contributed by atoms with E-state index in [9.17, 15) is 0 Å². The summed E-state index contributed by atoms with van der Waals surface area (Å²) in [5.74, 6) is 1.85. The standard InChI is InChI=1S/C13H19N3O/c1-9-5-6-12(17-9)13-10(2)15-16(4)11(13)7-8-14-3/h5-6,14H,7-8H2,1-4H3. The summed E-state index contributed by atoms with van der Waals surface area (Å²) in [6, 6.07) is 4.01. The van der Waals surface area contributed by atoms with Crippen LogP contribution in [0.1, 0.15) is 17.1 Å². The molecular formula is C13H19N3O. The summed E-state index contributed by atoms with van der Waals surface area (Å²) in [6.07, 6.45) is 0.947. The number of aryl methyl sites for hydroxylation is 3. The zero-order chi connectivity index (χ0) is 12.4. The average molecular weight is 233 g/mol. The molecule has 1 N–H and O–H groups in total. The SMILES string of the molecule is CNCCc1c(-c2ccc(C)o2)c(C)nn1C. The van der Waals surface area contributed by atoms with Gasteiger partial charge in [0.15, 0.2) is 0 Å². The molecule has 2 heterocycles. The van der Waals surface area contributed by atoms with Gasteiger partial charge in [-0.3, -0.25) is 4.68 Å². The highest BCUT2D eigenvalue weighted by Gasteiger charge is 2.17. The fourth-order valence-corrected chi connectivity index (χ4v) is 2.13. The Bertz CT molecular complexity index is 511. The number of nitrogens with one attached hydrogen (secondary N) is 1. The molecule has 0 saturated heterocycles. The van der Waals surface area contributed by atoms with Crippen LogP contribution in [-0.4, -0.2) is 23.4 Å². The van der Waals surface area contributed by atoms with Crippen LogP contribution in [0, 0.1) is 13.8 Å². The predicted octanol–water partition coefficient (Wildman–Crippen LogP) is 2.06. The highest BCUT2D eigenvalue weighted by molar-refractivity contribution is 5.63. The van der Waals surface area contributed by atoms with Gasteiger partial charge in [-0.25, -0.2) is 0 Å². The molecule has 4 heteroatoms. The van der Waals surface area contributed by atoms with E-state index in [2.05, 4.69) is 10.4 Å². The molecule has 0 amide bonds. The first kappa shape index (κ1) is 11.9. The maximum Gasteiger partial charge on any atom is 0.137 e. The molecule has 0 radical (unpaired) electrons. The Labute approximate surface area is 102 Å². The van der Waals surface area contributed by atoms with Crippen LogP contribution in [0.4, 0.5) is 0 Å². The van der Waals surface area contributed by atoms with E-state index in [0.717, 1.165) is 35.7 Å². The van der Waals surface area contributed by atoms with Crippen LogP contribution in [0.15, 0.2) is 16.5 Å². The predicted molar refractivity (Wildman–Crippen MR) is 68.0 cm³/mol. The van der Waals surface area contributed by atoms with Crippen LogP contribution in [0.3, 0.4) is 0 Å². The summed E-state index contributed by atoms with van der Waals surface area (Å²) < 4.78 is 7.65. The number of likely N-dealkylation sites (N-methyl/N-ethyl adjacent to an activating group) is 1. The second-order valence-electron chi connectivity index (χ2n) is 4.29. The van der Waals surface area contributed by atoms with Crippen LogP contribution in [0.2, 0.25) is 0 Å². The molecule has 0 fully saturated rings. The fourth-order valence-electron chi connectivity index (χ4n) is 2.13. The molecule has 17 heavy (non-hydrogen) atoms. The van der Waals surface area contributed by atoms with Gasteiger partial charge in [-0.15, -0.1) is 0 Å². The second kappa shape index (κ2) is 4.75. The number of rotatable bonds is 4. The molecule has 2 rings (SSSR count). The molecule has 2 aromatic heterocycles. The van der Waals surface area contributed by atoms with E-state index < -0.39 is 0 Å². The third-order valence-electron chi connectivity index (χ3n) is 2.94.